The Morgan fingerprint density at radius 3 is 3.00 bits per heavy atom. The van der Waals surface area contributed by atoms with Gasteiger partial charge in [0.2, 0.25) is 0 Å². The van der Waals surface area contributed by atoms with Crippen LogP contribution in [0.2, 0.25) is 0 Å². The molecule has 90 valence electrons. The van der Waals surface area contributed by atoms with Crippen LogP contribution in [0.25, 0.3) is 0 Å². The quantitative estimate of drug-likeness (QED) is 0.911. The number of carbonyl (C=O) groups is 1. The molecular weight excluding hydrogens is 306 g/mol. The average molecular weight is 316 g/mol. The maximum atomic E-state index is 11.7. The molecule has 17 heavy (non-hydrogen) atoms. The molecule has 0 aliphatic carbocycles. The van der Waals surface area contributed by atoms with Gasteiger partial charge in [-0.1, -0.05) is 0 Å². The second-order valence-corrected chi connectivity index (χ2v) is 4.89. The molecule has 0 saturated heterocycles. The predicted molar refractivity (Wildman–Crippen MR) is 68.0 cm³/mol. The number of halogens is 1. The monoisotopic (exact) mass is 315 g/mol. The molecule has 1 amide bonds. The number of nitrogens with one attached hydrogen (secondary N) is 1. The van der Waals surface area contributed by atoms with Crippen LogP contribution < -0.4 is 5.32 Å². The van der Waals surface area contributed by atoms with E-state index >= 15 is 0 Å². The Bertz CT molecular complexity index is 495. The van der Waals surface area contributed by atoms with Gasteiger partial charge in [0.25, 0.3) is 5.91 Å². The summed E-state index contributed by atoms with van der Waals surface area (Å²) in [6.07, 6.45) is 0.741. The average Bonchev–Trinajstić information content (AvgIpc) is 2.95. The Balaban J connectivity index is 1.91. The molecule has 0 aromatic carbocycles. The zero-order valence-corrected chi connectivity index (χ0v) is 11.1. The molecule has 0 aliphatic rings. The third-order valence-electron chi connectivity index (χ3n) is 2.25. The van der Waals surface area contributed by atoms with Gasteiger partial charge >= 0.3 is 0 Å². The third kappa shape index (κ3) is 2.96. The van der Waals surface area contributed by atoms with Crippen LogP contribution >= 0.6 is 27.3 Å². The van der Waals surface area contributed by atoms with Crippen molar-refractivity contribution in [2.24, 2.45) is 0 Å². The van der Waals surface area contributed by atoms with Crippen molar-refractivity contribution in [2.45, 2.75) is 6.10 Å². The minimum absolute atomic E-state index is 0.174. The first kappa shape index (κ1) is 12.3. The van der Waals surface area contributed by atoms with E-state index in [9.17, 15) is 9.90 Å². The molecule has 1 atom stereocenters. The van der Waals surface area contributed by atoms with Crippen LogP contribution in [0.3, 0.4) is 0 Å². The van der Waals surface area contributed by atoms with Gasteiger partial charge in [-0.2, -0.15) is 11.3 Å². The minimum Gasteiger partial charge on any atom is -0.457 e. The van der Waals surface area contributed by atoms with E-state index in [4.69, 9.17) is 4.42 Å². The topological polar surface area (TPSA) is 62.5 Å². The first-order chi connectivity index (χ1) is 8.18. The van der Waals surface area contributed by atoms with Crippen molar-refractivity contribution in [3.05, 3.63) is 45.0 Å². The predicted octanol–water partition coefficient (Wildman–Crippen LogP) is 2.57. The van der Waals surface area contributed by atoms with Gasteiger partial charge in [-0.15, -0.1) is 0 Å². The Hall–Kier alpha value is -1.11. The standard InChI is InChI=1S/C11H10BrNO3S/c12-10-8(1-3-16-10)11(15)13-5-9(14)7-2-4-17-6-7/h1-4,6,9,14H,5H2,(H,13,15). The summed E-state index contributed by atoms with van der Waals surface area (Å²) in [4.78, 5) is 11.7. The normalized spacial score (nSPS) is 12.4. The van der Waals surface area contributed by atoms with Crippen molar-refractivity contribution in [3.63, 3.8) is 0 Å². The van der Waals surface area contributed by atoms with Crippen molar-refractivity contribution in [1.82, 2.24) is 5.32 Å². The highest BCUT2D eigenvalue weighted by atomic mass is 79.9. The van der Waals surface area contributed by atoms with Crippen molar-refractivity contribution in [3.8, 4) is 0 Å². The molecule has 0 bridgehead atoms. The summed E-state index contributed by atoms with van der Waals surface area (Å²) in [5.41, 5.74) is 1.23. The van der Waals surface area contributed by atoms with Gasteiger partial charge in [-0.05, 0) is 44.4 Å². The van der Waals surface area contributed by atoms with E-state index < -0.39 is 6.10 Å². The van der Waals surface area contributed by atoms with Crippen LogP contribution in [-0.2, 0) is 0 Å². The largest absolute Gasteiger partial charge is 0.457 e. The van der Waals surface area contributed by atoms with Gasteiger partial charge in [0, 0.05) is 6.54 Å². The van der Waals surface area contributed by atoms with Crippen LogP contribution in [0.1, 0.15) is 22.0 Å². The lowest BCUT2D eigenvalue weighted by atomic mass is 10.2. The van der Waals surface area contributed by atoms with Crippen LogP contribution in [0, 0.1) is 0 Å². The number of amides is 1. The molecule has 0 radical (unpaired) electrons. The van der Waals surface area contributed by atoms with E-state index in [1.54, 1.807) is 6.07 Å². The summed E-state index contributed by atoms with van der Waals surface area (Å²) in [5, 5.41) is 16.2. The molecule has 2 rings (SSSR count). The molecule has 2 aromatic heterocycles. The van der Waals surface area contributed by atoms with E-state index in [0.717, 1.165) is 5.56 Å². The summed E-state index contributed by atoms with van der Waals surface area (Å²) >= 11 is 4.63. The molecule has 0 aliphatic heterocycles. The van der Waals surface area contributed by atoms with Gasteiger partial charge in [0.15, 0.2) is 4.67 Å². The van der Waals surface area contributed by atoms with Gasteiger partial charge in [0.05, 0.1) is 17.9 Å². The van der Waals surface area contributed by atoms with Gasteiger partial charge < -0.3 is 14.8 Å². The molecular formula is C11H10BrNO3S. The number of hydrogen-bond donors (Lipinski definition) is 2. The van der Waals surface area contributed by atoms with Gasteiger partial charge in [-0.3, -0.25) is 4.79 Å². The highest BCUT2D eigenvalue weighted by Crippen LogP contribution is 2.18. The van der Waals surface area contributed by atoms with Crippen molar-refractivity contribution in [2.75, 3.05) is 6.54 Å². The first-order valence-electron chi connectivity index (χ1n) is 4.90. The molecule has 2 aromatic rings. The van der Waals surface area contributed by atoms with E-state index in [1.807, 2.05) is 16.8 Å². The van der Waals surface area contributed by atoms with Crippen molar-refractivity contribution < 1.29 is 14.3 Å². The fourth-order valence-corrected chi connectivity index (χ4v) is 2.45. The lowest BCUT2D eigenvalue weighted by Gasteiger charge is -2.09. The zero-order chi connectivity index (χ0) is 12.3. The fraction of sp³-hybridized carbons (Fsp3) is 0.182. The Morgan fingerprint density at radius 1 is 1.59 bits per heavy atom. The van der Waals surface area contributed by atoms with Crippen LogP contribution in [-0.4, -0.2) is 17.6 Å². The number of hydrogen-bond acceptors (Lipinski definition) is 4. The summed E-state index contributed by atoms with van der Waals surface area (Å²) < 4.78 is 5.35. The van der Waals surface area contributed by atoms with Gasteiger partial charge in [-0.25, -0.2) is 0 Å². The summed E-state index contributed by atoms with van der Waals surface area (Å²) in [6, 6.07) is 3.39. The molecule has 1 unspecified atom stereocenters. The molecule has 0 fully saturated rings. The highest BCUT2D eigenvalue weighted by Gasteiger charge is 2.14. The number of carbonyl (C=O) groups excluding carboxylic acids is 1. The zero-order valence-electron chi connectivity index (χ0n) is 8.72. The molecule has 4 nitrogen and oxygen atoms in total. The van der Waals surface area contributed by atoms with Gasteiger partial charge in [0.1, 0.15) is 0 Å². The number of rotatable bonds is 4. The second kappa shape index (κ2) is 5.48. The van der Waals surface area contributed by atoms with E-state index in [1.165, 1.54) is 17.6 Å². The molecule has 0 saturated carbocycles. The number of furan rings is 1. The summed E-state index contributed by atoms with van der Waals surface area (Å²) in [6.45, 7) is 0.174. The Kier molecular flexibility index (Phi) is 3.98. The number of aliphatic hydroxyl groups is 1. The molecule has 2 N–H and O–H groups in total. The molecule has 0 spiro atoms. The van der Waals surface area contributed by atoms with E-state index in [0.29, 0.717) is 10.2 Å². The molecule has 6 heteroatoms. The second-order valence-electron chi connectivity index (χ2n) is 3.39. The van der Waals surface area contributed by atoms with E-state index in [2.05, 4.69) is 21.2 Å². The Labute approximate surface area is 110 Å². The van der Waals surface area contributed by atoms with Crippen molar-refractivity contribution >= 4 is 33.2 Å². The lowest BCUT2D eigenvalue weighted by Crippen LogP contribution is -2.28. The van der Waals surface area contributed by atoms with Crippen LogP contribution in [0.15, 0.2) is 38.2 Å². The van der Waals surface area contributed by atoms with Crippen molar-refractivity contribution in [1.29, 1.82) is 0 Å². The summed E-state index contributed by atoms with van der Waals surface area (Å²) in [7, 11) is 0. The van der Waals surface area contributed by atoms with E-state index in [-0.39, 0.29) is 12.5 Å². The summed E-state index contributed by atoms with van der Waals surface area (Å²) in [5.74, 6) is -0.278. The number of aliphatic hydroxyl groups excluding tert-OH is 1. The Morgan fingerprint density at radius 2 is 2.41 bits per heavy atom. The number of thiophene rings is 1. The smallest absolute Gasteiger partial charge is 0.255 e. The fourth-order valence-electron chi connectivity index (χ4n) is 1.32. The molecule has 2 heterocycles. The SMILES string of the molecule is O=C(NCC(O)c1ccsc1)c1ccoc1Br. The maximum Gasteiger partial charge on any atom is 0.255 e. The van der Waals surface area contributed by atoms with Crippen LogP contribution in [0.4, 0.5) is 0 Å². The maximum absolute atomic E-state index is 11.7. The first-order valence-corrected chi connectivity index (χ1v) is 6.63. The lowest BCUT2D eigenvalue weighted by molar-refractivity contribution is 0.0915. The highest BCUT2D eigenvalue weighted by molar-refractivity contribution is 9.10. The van der Waals surface area contributed by atoms with Crippen LogP contribution in [0.5, 0.6) is 0 Å². The third-order valence-corrected chi connectivity index (χ3v) is 3.56. The minimum atomic E-state index is -0.684.